The maximum atomic E-state index is 8.57. The zero-order valence-corrected chi connectivity index (χ0v) is 11.3. The number of aliphatic hydroxyl groups is 1. The second-order valence-electron chi connectivity index (χ2n) is 3.41. The van der Waals surface area contributed by atoms with Crippen LogP contribution in [0.4, 0.5) is 5.69 Å². The first-order valence-electron chi connectivity index (χ1n) is 5.34. The fourth-order valence-corrected chi connectivity index (χ4v) is 1.76. The third-order valence-electron chi connectivity index (χ3n) is 2.14. The molecule has 90 valence electrons. The number of benzene rings is 1. The molecule has 1 aromatic rings. The second kappa shape index (κ2) is 8.74. The Kier molecular flexibility index (Phi) is 7.48. The van der Waals surface area contributed by atoms with Crippen LogP contribution in [0.5, 0.6) is 0 Å². The fraction of sp³-hybridized carbons (Fsp3) is 0.455. The molecule has 0 saturated heterocycles. The quantitative estimate of drug-likeness (QED) is 0.327. The normalized spacial score (nSPS) is 10.4. The Hall–Kier alpha value is -0.370. The van der Waals surface area contributed by atoms with Crippen molar-refractivity contribution >= 4 is 28.6 Å². The molecule has 0 amide bonds. The lowest BCUT2D eigenvalue weighted by Crippen LogP contribution is -2.24. The van der Waals surface area contributed by atoms with E-state index < -0.39 is 0 Å². The average molecular weight is 335 g/mol. The minimum Gasteiger partial charge on any atom is -0.395 e. The van der Waals surface area contributed by atoms with Gasteiger partial charge in [0.2, 0.25) is 0 Å². The Morgan fingerprint density at radius 3 is 2.44 bits per heavy atom. The maximum absolute atomic E-state index is 8.57. The Labute approximate surface area is 110 Å². The van der Waals surface area contributed by atoms with Crippen molar-refractivity contribution < 1.29 is 5.11 Å². The van der Waals surface area contributed by atoms with E-state index >= 15 is 0 Å². The number of hydrogen-bond acceptors (Lipinski definition) is 4. The second-order valence-corrected chi connectivity index (χ2v) is 4.17. The Balaban J connectivity index is 2.21. The fourth-order valence-electron chi connectivity index (χ4n) is 1.32. The molecular formula is C11H18IN3O. The smallest absolute Gasteiger partial charge is 0.0555 e. The van der Waals surface area contributed by atoms with Gasteiger partial charge in [0, 0.05) is 54.7 Å². The summed E-state index contributed by atoms with van der Waals surface area (Å²) in [6.45, 7) is 3.46. The van der Waals surface area contributed by atoms with E-state index in [9.17, 15) is 0 Å². The molecule has 16 heavy (non-hydrogen) atoms. The van der Waals surface area contributed by atoms with E-state index in [-0.39, 0.29) is 6.61 Å². The summed E-state index contributed by atoms with van der Waals surface area (Å²) in [5, 5.41) is 15.0. The van der Waals surface area contributed by atoms with E-state index in [2.05, 4.69) is 61.3 Å². The molecule has 0 aromatic heterocycles. The van der Waals surface area contributed by atoms with Crippen LogP contribution in [0.3, 0.4) is 0 Å². The van der Waals surface area contributed by atoms with Crippen molar-refractivity contribution in [1.29, 1.82) is 0 Å². The molecule has 0 radical (unpaired) electrons. The van der Waals surface area contributed by atoms with Crippen molar-refractivity contribution in [1.82, 2.24) is 8.85 Å². The van der Waals surface area contributed by atoms with Crippen LogP contribution in [-0.2, 0) is 6.54 Å². The van der Waals surface area contributed by atoms with E-state index in [1.807, 2.05) is 0 Å². The van der Waals surface area contributed by atoms with Gasteiger partial charge in [0.1, 0.15) is 0 Å². The highest BCUT2D eigenvalue weighted by Crippen LogP contribution is 2.09. The lowest BCUT2D eigenvalue weighted by atomic mass is 10.2. The highest BCUT2D eigenvalue weighted by Gasteiger charge is 1.93. The monoisotopic (exact) mass is 335 g/mol. The van der Waals surface area contributed by atoms with Crippen LogP contribution in [0.15, 0.2) is 24.3 Å². The Morgan fingerprint density at radius 1 is 1.06 bits per heavy atom. The van der Waals surface area contributed by atoms with Crippen molar-refractivity contribution in [2.75, 3.05) is 31.6 Å². The molecule has 4 nitrogen and oxygen atoms in total. The Morgan fingerprint density at radius 2 is 1.81 bits per heavy atom. The van der Waals surface area contributed by atoms with Gasteiger partial charge in [-0.1, -0.05) is 12.1 Å². The summed E-state index contributed by atoms with van der Waals surface area (Å²) in [7, 11) is 0. The molecule has 0 saturated carbocycles. The molecular weight excluding hydrogens is 317 g/mol. The minimum absolute atomic E-state index is 0.192. The van der Waals surface area contributed by atoms with Crippen LogP contribution in [0.25, 0.3) is 0 Å². The summed E-state index contributed by atoms with van der Waals surface area (Å²) in [6, 6.07) is 8.37. The SMILES string of the molecule is OCCNCCNc1ccc(CNI)cc1. The van der Waals surface area contributed by atoms with Gasteiger partial charge in [0.25, 0.3) is 0 Å². The first-order chi connectivity index (χ1) is 7.86. The van der Waals surface area contributed by atoms with Gasteiger partial charge in [-0.3, -0.25) is 3.53 Å². The highest BCUT2D eigenvalue weighted by molar-refractivity contribution is 14.1. The lowest BCUT2D eigenvalue weighted by molar-refractivity contribution is 0.293. The molecule has 0 spiro atoms. The van der Waals surface area contributed by atoms with Crippen LogP contribution in [0.1, 0.15) is 5.56 Å². The molecule has 1 aromatic carbocycles. The molecule has 0 heterocycles. The molecule has 1 rings (SSSR count). The van der Waals surface area contributed by atoms with Crippen molar-refractivity contribution in [3.05, 3.63) is 29.8 Å². The third kappa shape index (κ3) is 5.64. The van der Waals surface area contributed by atoms with E-state index in [1.54, 1.807) is 0 Å². The molecule has 0 aliphatic heterocycles. The molecule has 0 atom stereocenters. The summed E-state index contributed by atoms with van der Waals surface area (Å²) in [5.74, 6) is 0. The summed E-state index contributed by atoms with van der Waals surface area (Å²) in [5.41, 5.74) is 2.40. The van der Waals surface area contributed by atoms with Gasteiger partial charge in [-0.15, -0.1) is 0 Å². The predicted octanol–water partition coefficient (Wildman–Crippen LogP) is 1.12. The van der Waals surface area contributed by atoms with E-state index in [0.29, 0.717) is 6.54 Å². The summed E-state index contributed by atoms with van der Waals surface area (Å²) < 4.78 is 3.09. The molecule has 0 bridgehead atoms. The molecule has 0 aliphatic rings. The Bertz CT molecular complexity index is 279. The van der Waals surface area contributed by atoms with Gasteiger partial charge < -0.3 is 15.7 Å². The lowest BCUT2D eigenvalue weighted by Gasteiger charge is -2.07. The van der Waals surface area contributed by atoms with Crippen LogP contribution in [0, 0.1) is 0 Å². The van der Waals surface area contributed by atoms with Crippen LogP contribution in [-0.4, -0.2) is 31.3 Å². The summed E-state index contributed by atoms with van der Waals surface area (Å²) >= 11 is 2.14. The molecule has 5 heteroatoms. The highest BCUT2D eigenvalue weighted by atomic mass is 127. The van der Waals surface area contributed by atoms with Gasteiger partial charge in [-0.05, 0) is 17.7 Å². The summed E-state index contributed by atoms with van der Waals surface area (Å²) in [4.78, 5) is 0. The zero-order chi connectivity index (χ0) is 11.6. The molecule has 0 fully saturated rings. The van der Waals surface area contributed by atoms with Crippen LogP contribution < -0.4 is 14.2 Å². The van der Waals surface area contributed by atoms with Crippen LogP contribution >= 0.6 is 22.9 Å². The van der Waals surface area contributed by atoms with Gasteiger partial charge in [0.15, 0.2) is 0 Å². The van der Waals surface area contributed by atoms with Crippen molar-refractivity contribution in [2.24, 2.45) is 0 Å². The zero-order valence-electron chi connectivity index (χ0n) is 9.17. The number of hydrogen-bond donors (Lipinski definition) is 4. The molecule has 0 aliphatic carbocycles. The topological polar surface area (TPSA) is 56.3 Å². The van der Waals surface area contributed by atoms with Crippen molar-refractivity contribution in [2.45, 2.75) is 6.54 Å². The van der Waals surface area contributed by atoms with Gasteiger partial charge in [0.05, 0.1) is 6.61 Å². The molecule has 4 N–H and O–H groups in total. The van der Waals surface area contributed by atoms with Crippen molar-refractivity contribution in [3.63, 3.8) is 0 Å². The van der Waals surface area contributed by atoms with Crippen molar-refractivity contribution in [3.8, 4) is 0 Å². The minimum atomic E-state index is 0.192. The molecule has 0 unspecified atom stereocenters. The number of rotatable bonds is 8. The number of aliphatic hydroxyl groups excluding tert-OH is 1. The number of halogens is 1. The van der Waals surface area contributed by atoms with E-state index in [4.69, 9.17) is 5.11 Å². The first-order valence-corrected chi connectivity index (χ1v) is 6.42. The van der Waals surface area contributed by atoms with Gasteiger partial charge >= 0.3 is 0 Å². The van der Waals surface area contributed by atoms with E-state index in [1.165, 1.54) is 5.56 Å². The predicted molar refractivity (Wildman–Crippen MR) is 75.7 cm³/mol. The largest absolute Gasteiger partial charge is 0.395 e. The third-order valence-corrected chi connectivity index (χ3v) is 2.53. The van der Waals surface area contributed by atoms with Gasteiger partial charge in [-0.2, -0.15) is 0 Å². The average Bonchev–Trinajstić information content (AvgIpc) is 2.31. The van der Waals surface area contributed by atoms with Crippen LogP contribution in [0.2, 0.25) is 0 Å². The van der Waals surface area contributed by atoms with E-state index in [0.717, 1.165) is 25.3 Å². The number of nitrogens with one attached hydrogen (secondary N) is 3. The summed E-state index contributed by atoms with van der Waals surface area (Å²) in [6.07, 6.45) is 0. The maximum Gasteiger partial charge on any atom is 0.0555 e. The standard InChI is InChI=1S/C11H18IN3O/c12-15-9-10-1-3-11(4-2-10)14-6-5-13-7-8-16/h1-4,13-16H,5-9H2. The first kappa shape index (κ1) is 13.7. The number of anilines is 1. The van der Waals surface area contributed by atoms with Gasteiger partial charge in [-0.25, -0.2) is 0 Å².